The summed E-state index contributed by atoms with van der Waals surface area (Å²) in [6.45, 7) is 7.23. The zero-order chi connectivity index (χ0) is 15.0. The van der Waals surface area contributed by atoms with Crippen molar-refractivity contribution in [3.63, 3.8) is 0 Å². The maximum absolute atomic E-state index is 4.63. The Morgan fingerprint density at radius 3 is 2.71 bits per heavy atom. The zero-order valence-corrected chi connectivity index (χ0v) is 14.8. The van der Waals surface area contributed by atoms with E-state index in [0.29, 0.717) is 6.04 Å². The van der Waals surface area contributed by atoms with Crippen molar-refractivity contribution in [3.8, 4) is 0 Å². The van der Waals surface area contributed by atoms with Crippen molar-refractivity contribution in [3.05, 3.63) is 56.8 Å². The van der Waals surface area contributed by atoms with Gasteiger partial charge in [0.05, 0.1) is 11.4 Å². The minimum Gasteiger partial charge on any atom is -0.305 e. The fraction of sp³-hybridized carbons (Fsp3) is 0.312. The highest BCUT2D eigenvalue weighted by Crippen LogP contribution is 2.22. The number of imidazole rings is 1. The highest BCUT2D eigenvalue weighted by molar-refractivity contribution is 9.10. The molecule has 0 aliphatic heterocycles. The van der Waals surface area contributed by atoms with E-state index in [2.05, 4.69) is 81.0 Å². The van der Waals surface area contributed by atoms with Crippen LogP contribution in [0.25, 0.3) is 4.96 Å². The van der Waals surface area contributed by atoms with Gasteiger partial charge < -0.3 is 5.32 Å². The predicted molar refractivity (Wildman–Crippen MR) is 91.9 cm³/mol. The highest BCUT2D eigenvalue weighted by Gasteiger charge is 2.13. The first-order valence-electron chi connectivity index (χ1n) is 6.97. The van der Waals surface area contributed by atoms with Crippen LogP contribution in [0.1, 0.15) is 35.6 Å². The molecule has 0 amide bonds. The van der Waals surface area contributed by atoms with Crippen molar-refractivity contribution < 1.29 is 0 Å². The van der Waals surface area contributed by atoms with Gasteiger partial charge in [-0.15, -0.1) is 11.3 Å². The quantitative estimate of drug-likeness (QED) is 0.732. The first-order chi connectivity index (χ1) is 10.1. The first kappa shape index (κ1) is 14.8. The van der Waals surface area contributed by atoms with Gasteiger partial charge in [-0.2, -0.15) is 0 Å². The van der Waals surface area contributed by atoms with Gasteiger partial charge in [-0.1, -0.05) is 28.1 Å². The van der Waals surface area contributed by atoms with Crippen molar-refractivity contribution in [2.45, 2.75) is 33.4 Å². The summed E-state index contributed by atoms with van der Waals surface area (Å²) in [5.74, 6) is 0. The Kier molecular flexibility index (Phi) is 4.15. The lowest BCUT2D eigenvalue weighted by molar-refractivity contribution is 0.563. The molecule has 0 saturated heterocycles. The van der Waals surface area contributed by atoms with Gasteiger partial charge in [0.25, 0.3) is 0 Å². The Morgan fingerprint density at radius 1 is 1.29 bits per heavy atom. The summed E-state index contributed by atoms with van der Waals surface area (Å²) < 4.78 is 3.36. The molecule has 3 aromatic rings. The van der Waals surface area contributed by atoms with Crippen molar-refractivity contribution in [2.24, 2.45) is 0 Å². The summed E-state index contributed by atoms with van der Waals surface area (Å²) in [6.07, 6.45) is 0. The second kappa shape index (κ2) is 5.91. The van der Waals surface area contributed by atoms with Crippen molar-refractivity contribution in [1.82, 2.24) is 14.7 Å². The van der Waals surface area contributed by atoms with E-state index in [0.717, 1.165) is 21.7 Å². The third kappa shape index (κ3) is 2.91. The standard InChI is InChI=1S/C16H18BrN3S/c1-10-9-21-16-19-12(3)15(20(10)16)8-18-11(2)13-4-6-14(17)7-5-13/h4-7,9,11,18H,8H2,1-3H3/t11-/m0/s1. The molecule has 0 saturated carbocycles. The number of thiazole rings is 1. The van der Waals surface area contributed by atoms with Crippen LogP contribution in [0, 0.1) is 13.8 Å². The maximum Gasteiger partial charge on any atom is 0.194 e. The SMILES string of the molecule is Cc1nc2scc(C)n2c1CN[C@@H](C)c1ccc(Br)cc1. The molecule has 21 heavy (non-hydrogen) atoms. The number of nitrogens with zero attached hydrogens (tertiary/aromatic N) is 2. The number of halogens is 1. The average Bonchev–Trinajstić information content (AvgIpc) is 2.97. The largest absolute Gasteiger partial charge is 0.305 e. The molecular weight excluding hydrogens is 346 g/mol. The van der Waals surface area contributed by atoms with Crippen LogP contribution < -0.4 is 5.32 Å². The fourth-order valence-electron chi connectivity index (χ4n) is 2.49. The summed E-state index contributed by atoms with van der Waals surface area (Å²) in [4.78, 5) is 5.71. The number of benzene rings is 1. The number of aryl methyl sites for hydroxylation is 2. The van der Waals surface area contributed by atoms with E-state index in [-0.39, 0.29) is 0 Å². The molecule has 3 nitrogen and oxygen atoms in total. The molecular formula is C16H18BrN3S. The molecule has 0 unspecified atom stereocenters. The van der Waals surface area contributed by atoms with Gasteiger partial charge in [0, 0.05) is 28.1 Å². The van der Waals surface area contributed by atoms with E-state index in [1.54, 1.807) is 11.3 Å². The van der Waals surface area contributed by atoms with E-state index in [1.807, 2.05) is 0 Å². The third-order valence-corrected chi connectivity index (χ3v) is 5.25. The molecule has 0 fully saturated rings. The van der Waals surface area contributed by atoms with Gasteiger partial charge in [0.2, 0.25) is 0 Å². The predicted octanol–water partition coefficient (Wildman–Crippen LogP) is 4.63. The Morgan fingerprint density at radius 2 is 2.00 bits per heavy atom. The lowest BCUT2D eigenvalue weighted by Gasteiger charge is -2.14. The van der Waals surface area contributed by atoms with Crippen LogP contribution in [0.4, 0.5) is 0 Å². The Bertz CT molecular complexity index is 758. The topological polar surface area (TPSA) is 29.3 Å². The van der Waals surface area contributed by atoms with Gasteiger partial charge in [-0.05, 0) is 38.5 Å². The molecule has 0 aliphatic rings. The molecule has 1 aromatic carbocycles. The van der Waals surface area contributed by atoms with Crippen LogP contribution in [-0.2, 0) is 6.54 Å². The molecule has 2 aromatic heterocycles. The highest BCUT2D eigenvalue weighted by atomic mass is 79.9. The molecule has 2 heterocycles. The molecule has 0 spiro atoms. The molecule has 3 rings (SSSR count). The minimum absolute atomic E-state index is 0.307. The lowest BCUT2D eigenvalue weighted by Crippen LogP contribution is -2.19. The maximum atomic E-state index is 4.63. The molecule has 5 heteroatoms. The first-order valence-corrected chi connectivity index (χ1v) is 8.64. The fourth-order valence-corrected chi connectivity index (χ4v) is 3.69. The second-order valence-electron chi connectivity index (χ2n) is 5.29. The van der Waals surface area contributed by atoms with Gasteiger partial charge in [0.1, 0.15) is 0 Å². The lowest BCUT2D eigenvalue weighted by atomic mass is 10.1. The summed E-state index contributed by atoms with van der Waals surface area (Å²) in [6, 6.07) is 8.77. The molecule has 1 atom stereocenters. The number of rotatable bonds is 4. The normalized spacial score (nSPS) is 13.0. The van der Waals surface area contributed by atoms with E-state index in [1.165, 1.54) is 17.0 Å². The summed E-state index contributed by atoms with van der Waals surface area (Å²) in [5.41, 5.74) is 4.91. The Hall–Kier alpha value is -1.17. The number of nitrogens with one attached hydrogen (secondary N) is 1. The smallest absolute Gasteiger partial charge is 0.194 e. The van der Waals surface area contributed by atoms with Crippen molar-refractivity contribution in [1.29, 1.82) is 0 Å². The second-order valence-corrected chi connectivity index (χ2v) is 7.05. The molecule has 0 bridgehead atoms. The third-order valence-electron chi connectivity index (χ3n) is 3.78. The summed E-state index contributed by atoms with van der Waals surface area (Å²) in [7, 11) is 0. The van der Waals surface area contributed by atoms with Crippen LogP contribution in [0.2, 0.25) is 0 Å². The molecule has 1 N–H and O–H groups in total. The Balaban J connectivity index is 1.78. The summed E-state index contributed by atoms with van der Waals surface area (Å²) in [5, 5.41) is 5.76. The number of hydrogen-bond donors (Lipinski definition) is 1. The molecule has 110 valence electrons. The van der Waals surface area contributed by atoms with Gasteiger partial charge in [-0.3, -0.25) is 4.40 Å². The van der Waals surface area contributed by atoms with Gasteiger partial charge >= 0.3 is 0 Å². The van der Waals surface area contributed by atoms with Gasteiger partial charge in [0.15, 0.2) is 4.96 Å². The van der Waals surface area contributed by atoms with E-state index in [4.69, 9.17) is 0 Å². The monoisotopic (exact) mass is 363 g/mol. The number of hydrogen-bond acceptors (Lipinski definition) is 3. The van der Waals surface area contributed by atoms with Crippen LogP contribution in [0.5, 0.6) is 0 Å². The number of aromatic nitrogens is 2. The molecule has 0 radical (unpaired) electrons. The average molecular weight is 364 g/mol. The number of fused-ring (bicyclic) bond motifs is 1. The van der Waals surface area contributed by atoms with E-state index in [9.17, 15) is 0 Å². The van der Waals surface area contributed by atoms with Gasteiger partial charge in [-0.25, -0.2) is 4.98 Å². The summed E-state index contributed by atoms with van der Waals surface area (Å²) >= 11 is 5.17. The van der Waals surface area contributed by atoms with E-state index < -0.39 is 0 Å². The van der Waals surface area contributed by atoms with Crippen molar-refractivity contribution >= 4 is 32.2 Å². The minimum atomic E-state index is 0.307. The van der Waals surface area contributed by atoms with Crippen molar-refractivity contribution in [2.75, 3.05) is 0 Å². The zero-order valence-electron chi connectivity index (χ0n) is 12.4. The molecule has 0 aliphatic carbocycles. The van der Waals surface area contributed by atoms with Crippen LogP contribution in [0.15, 0.2) is 34.1 Å². The van der Waals surface area contributed by atoms with Crippen LogP contribution >= 0.6 is 27.3 Å². The Labute approximate surface area is 137 Å². The van der Waals surface area contributed by atoms with Crippen LogP contribution in [0.3, 0.4) is 0 Å². The van der Waals surface area contributed by atoms with E-state index >= 15 is 0 Å². The van der Waals surface area contributed by atoms with Crippen LogP contribution in [-0.4, -0.2) is 9.38 Å².